The van der Waals surface area contributed by atoms with Gasteiger partial charge in [-0.3, -0.25) is 0 Å². The summed E-state index contributed by atoms with van der Waals surface area (Å²) >= 11 is 0. The molecule has 1 aliphatic heterocycles. The molecule has 0 saturated heterocycles. The van der Waals surface area contributed by atoms with Crippen molar-refractivity contribution in [1.29, 1.82) is 0 Å². The monoisotopic (exact) mass is 254 g/mol. The van der Waals surface area contributed by atoms with Crippen molar-refractivity contribution in [2.24, 2.45) is 4.40 Å². The van der Waals surface area contributed by atoms with Gasteiger partial charge in [0, 0.05) is 6.04 Å². The van der Waals surface area contributed by atoms with E-state index < -0.39 is 15.8 Å². The number of sulfonamides is 1. The fourth-order valence-electron chi connectivity index (χ4n) is 1.95. The zero-order valence-electron chi connectivity index (χ0n) is 9.22. The lowest BCUT2D eigenvalue weighted by Crippen LogP contribution is -2.30. The third-order valence-electron chi connectivity index (χ3n) is 3.06. The molecule has 90 valence electrons. The van der Waals surface area contributed by atoms with Crippen molar-refractivity contribution in [3.63, 3.8) is 0 Å². The lowest BCUT2D eigenvalue weighted by atomic mass is 10.2. The van der Waals surface area contributed by atoms with E-state index >= 15 is 0 Å². The molecule has 1 heterocycles. The van der Waals surface area contributed by atoms with Crippen LogP contribution in [0.4, 0.5) is 10.1 Å². The minimum Gasteiger partial charge on any atom is -0.325 e. The molecule has 1 aliphatic carbocycles. The molecule has 0 N–H and O–H groups in total. The number of benzene rings is 1. The summed E-state index contributed by atoms with van der Waals surface area (Å²) in [6.45, 7) is 1.62. The van der Waals surface area contributed by atoms with E-state index in [-0.39, 0.29) is 16.6 Å². The Morgan fingerprint density at radius 2 is 2.12 bits per heavy atom. The fraction of sp³-hybridized carbons (Fsp3) is 0.364. The third kappa shape index (κ3) is 1.55. The van der Waals surface area contributed by atoms with Crippen LogP contribution in [0, 0.1) is 12.7 Å². The number of fused-ring (bicyclic) bond motifs is 1. The molecule has 3 rings (SSSR count). The van der Waals surface area contributed by atoms with Crippen LogP contribution < -0.4 is 4.90 Å². The second-order valence-corrected chi connectivity index (χ2v) is 5.98. The number of anilines is 1. The molecule has 1 fully saturated rings. The normalized spacial score (nSPS) is 21.4. The van der Waals surface area contributed by atoms with Crippen LogP contribution in [0.2, 0.25) is 0 Å². The van der Waals surface area contributed by atoms with E-state index in [0.29, 0.717) is 5.56 Å². The van der Waals surface area contributed by atoms with Crippen molar-refractivity contribution < 1.29 is 12.8 Å². The maximum atomic E-state index is 14.1. The zero-order valence-corrected chi connectivity index (χ0v) is 10.0. The molecule has 1 saturated carbocycles. The molecular formula is C11H11FN2O2S. The molecule has 0 bridgehead atoms. The fourth-order valence-corrected chi connectivity index (χ4v) is 2.97. The van der Waals surface area contributed by atoms with E-state index in [0.717, 1.165) is 12.8 Å². The van der Waals surface area contributed by atoms with E-state index in [2.05, 4.69) is 4.40 Å². The quantitative estimate of drug-likeness (QED) is 0.768. The Balaban J connectivity index is 2.29. The first-order valence-electron chi connectivity index (χ1n) is 5.38. The highest BCUT2D eigenvalue weighted by molar-refractivity contribution is 7.90. The van der Waals surface area contributed by atoms with Crippen molar-refractivity contribution in [3.05, 3.63) is 23.5 Å². The Morgan fingerprint density at radius 1 is 1.41 bits per heavy atom. The van der Waals surface area contributed by atoms with Crippen LogP contribution in [0.1, 0.15) is 18.4 Å². The number of rotatable bonds is 1. The second-order valence-electron chi connectivity index (χ2n) is 4.38. The highest BCUT2D eigenvalue weighted by Gasteiger charge is 2.37. The van der Waals surface area contributed by atoms with Gasteiger partial charge in [0.2, 0.25) is 0 Å². The molecule has 17 heavy (non-hydrogen) atoms. The van der Waals surface area contributed by atoms with E-state index in [1.165, 1.54) is 18.5 Å². The smallest absolute Gasteiger partial charge is 0.285 e. The minimum atomic E-state index is -3.73. The van der Waals surface area contributed by atoms with Crippen molar-refractivity contribution in [3.8, 4) is 0 Å². The van der Waals surface area contributed by atoms with Gasteiger partial charge in [0.25, 0.3) is 10.0 Å². The predicted molar refractivity (Wildman–Crippen MR) is 62.3 cm³/mol. The average molecular weight is 254 g/mol. The van der Waals surface area contributed by atoms with Crippen LogP contribution in [0.5, 0.6) is 0 Å². The first kappa shape index (κ1) is 10.7. The van der Waals surface area contributed by atoms with Crippen LogP contribution in [0.3, 0.4) is 0 Å². The molecule has 0 radical (unpaired) electrons. The Bertz CT molecular complexity index is 621. The Hall–Kier alpha value is -1.43. The molecule has 1 aromatic rings. The van der Waals surface area contributed by atoms with Crippen molar-refractivity contribution in [2.75, 3.05) is 4.90 Å². The second kappa shape index (κ2) is 3.29. The molecule has 0 unspecified atom stereocenters. The number of aryl methyl sites for hydroxylation is 1. The van der Waals surface area contributed by atoms with Gasteiger partial charge in [-0.25, -0.2) is 4.39 Å². The summed E-state index contributed by atoms with van der Waals surface area (Å²) in [7, 11) is -3.73. The molecule has 6 heteroatoms. The third-order valence-corrected chi connectivity index (χ3v) is 4.32. The van der Waals surface area contributed by atoms with Gasteiger partial charge < -0.3 is 4.90 Å². The first-order valence-corrected chi connectivity index (χ1v) is 6.82. The van der Waals surface area contributed by atoms with Gasteiger partial charge in [0.1, 0.15) is 11.2 Å². The van der Waals surface area contributed by atoms with Gasteiger partial charge >= 0.3 is 0 Å². The first-order chi connectivity index (χ1) is 8.00. The van der Waals surface area contributed by atoms with E-state index in [4.69, 9.17) is 0 Å². The van der Waals surface area contributed by atoms with Crippen LogP contribution in [0.25, 0.3) is 0 Å². The van der Waals surface area contributed by atoms with Crippen LogP contribution in [-0.4, -0.2) is 20.8 Å². The topological polar surface area (TPSA) is 49.7 Å². The molecule has 0 amide bonds. The van der Waals surface area contributed by atoms with Gasteiger partial charge in [0.15, 0.2) is 5.82 Å². The summed E-state index contributed by atoms with van der Waals surface area (Å²) in [5.74, 6) is -0.468. The van der Waals surface area contributed by atoms with Crippen LogP contribution in [0.15, 0.2) is 21.4 Å². The van der Waals surface area contributed by atoms with Crippen LogP contribution in [-0.2, 0) is 10.0 Å². The Labute approximate surface area is 98.8 Å². The summed E-state index contributed by atoms with van der Waals surface area (Å²) in [6, 6.07) is 3.08. The standard InChI is InChI=1S/C11H11FN2O2S/c1-7-2-5-9-11(10(7)12)14(8-3-4-8)6-13-17(9,15)16/h2,5-6,8H,3-4H2,1H3. The number of hydrogen-bond donors (Lipinski definition) is 0. The zero-order chi connectivity index (χ0) is 12.2. The van der Waals surface area contributed by atoms with Crippen molar-refractivity contribution >= 4 is 22.0 Å². The molecule has 0 atom stereocenters. The molecule has 0 spiro atoms. The maximum absolute atomic E-state index is 14.1. The Morgan fingerprint density at radius 3 is 2.76 bits per heavy atom. The number of halogens is 1. The highest BCUT2D eigenvalue weighted by atomic mass is 32.2. The maximum Gasteiger partial charge on any atom is 0.285 e. The predicted octanol–water partition coefficient (Wildman–Crippen LogP) is 1.83. The van der Waals surface area contributed by atoms with Gasteiger partial charge in [-0.1, -0.05) is 6.07 Å². The van der Waals surface area contributed by atoms with Gasteiger partial charge in [0.05, 0.1) is 5.69 Å². The lowest BCUT2D eigenvalue weighted by Gasteiger charge is -2.25. The number of hydrogen-bond acceptors (Lipinski definition) is 3. The minimum absolute atomic E-state index is 0.0324. The van der Waals surface area contributed by atoms with Gasteiger partial charge in [-0.05, 0) is 31.4 Å². The van der Waals surface area contributed by atoms with E-state index in [9.17, 15) is 12.8 Å². The summed E-state index contributed by atoms with van der Waals surface area (Å²) in [6.07, 6.45) is 3.12. The molecule has 0 aromatic heterocycles. The summed E-state index contributed by atoms with van der Waals surface area (Å²) in [4.78, 5) is 1.61. The van der Waals surface area contributed by atoms with Gasteiger partial charge in [-0.2, -0.15) is 8.42 Å². The highest BCUT2D eigenvalue weighted by Crippen LogP contribution is 2.39. The van der Waals surface area contributed by atoms with Crippen molar-refractivity contribution in [2.45, 2.75) is 30.7 Å². The molecule has 1 aromatic carbocycles. The van der Waals surface area contributed by atoms with Gasteiger partial charge in [-0.15, -0.1) is 4.40 Å². The van der Waals surface area contributed by atoms with E-state index in [1.807, 2.05) is 0 Å². The summed E-state index contributed by atoms with van der Waals surface area (Å²) < 4.78 is 41.1. The summed E-state index contributed by atoms with van der Waals surface area (Å²) in [5.41, 5.74) is 0.599. The molecular weight excluding hydrogens is 243 g/mol. The number of nitrogens with zero attached hydrogens (tertiary/aromatic N) is 2. The summed E-state index contributed by atoms with van der Waals surface area (Å²) in [5, 5.41) is 0. The molecule has 2 aliphatic rings. The van der Waals surface area contributed by atoms with E-state index in [1.54, 1.807) is 11.8 Å². The largest absolute Gasteiger partial charge is 0.325 e. The SMILES string of the molecule is Cc1ccc2c(c1F)N(C1CC1)C=NS2(=O)=O. The molecule has 4 nitrogen and oxygen atoms in total. The average Bonchev–Trinajstić information content (AvgIpc) is 3.07. The lowest BCUT2D eigenvalue weighted by molar-refractivity contribution is 0.588. The van der Waals surface area contributed by atoms with Crippen molar-refractivity contribution in [1.82, 2.24) is 0 Å². The Kier molecular flexibility index (Phi) is 2.07. The van der Waals surface area contributed by atoms with Crippen LogP contribution >= 0.6 is 0 Å².